The van der Waals surface area contributed by atoms with Crippen LogP contribution >= 0.6 is 0 Å². The number of nitrogens with zero attached hydrogens (tertiary/aromatic N) is 3. The molecule has 0 saturated carbocycles. The van der Waals surface area contributed by atoms with Crippen LogP contribution in [0.1, 0.15) is 41.0 Å². The first-order valence-corrected chi connectivity index (χ1v) is 8.35. The summed E-state index contributed by atoms with van der Waals surface area (Å²) in [5.74, 6) is 1.25. The Morgan fingerprint density at radius 2 is 2.08 bits per heavy atom. The summed E-state index contributed by atoms with van der Waals surface area (Å²) in [7, 11) is 0. The number of benzene rings is 1. The van der Waals surface area contributed by atoms with E-state index in [-0.39, 0.29) is 6.04 Å². The molecule has 1 atom stereocenters. The van der Waals surface area contributed by atoms with E-state index < -0.39 is 11.7 Å². The van der Waals surface area contributed by atoms with Crippen LogP contribution in [-0.4, -0.2) is 14.4 Å². The molecule has 0 spiro atoms. The molecule has 3 heterocycles. The second-order valence-corrected chi connectivity index (χ2v) is 6.51. The molecule has 5 nitrogen and oxygen atoms in total. The van der Waals surface area contributed by atoms with E-state index in [4.69, 9.17) is 0 Å². The Hall–Kier alpha value is -2.61. The predicted molar refractivity (Wildman–Crippen MR) is 91.7 cm³/mol. The van der Waals surface area contributed by atoms with Gasteiger partial charge in [0.15, 0.2) is 0 Å². The topological polar surface area (TPSA) is 54.2 Å². The molecule has 26 heavy (non-hydrogen) atoms. The second kappa shape index (κ2) is 5.98. The number of halogens is 3. The summed E-state index contributed by atoms with van der Waals surface area (Å²) in [6.45, 7) is 5.16. The van der Waals surface area contributed by atoms with Gasteiger partial charge in [0.05, 0.1) is 11.8 Å². The highest BCUT2D eigenvalue weighted by Gasteiger charge is 2.31. The Bertz CT molecular complexity index is 977. The van der Waals surface area contributed by atoms with Crippen LogP contribution in [0.2, 0.25) is 0 Å². The van der Waals surface area contributed by atoms with Gasteiger partial charge >= 0.3 is 6.18 Å². The molecule has 0 saturated heterocycles. The van der Waals surface area contributed by atoms with E-state index in [9.17, 15) is 13.2 Å². The summed E-state index contributed by atoms with van der Waals surface area (Å²) in [5.41, 5.74) is 3.02. The van der Waals surface area contributed by atoms with Gasteiger partial charge in [-0.15, -0.1) is 0 Å². The maximum absolute atomic E-state index is 13.0. The highest BCUT2D eigenvalue weighted by atomic mass is 19.4. The molecule has 0 amide bonds. The fourth-order valence-corrected chi connectivity index (χ4v) is 3.35. The van der Waals surface area contributed by atoms with Crippen molar-refractivity contribution in [3.05, 3.63) is 58.5 Å². The number of rotatable bonds is 3. The summed E-state index contributed by atoms with van der Waals surface area (Å²) < 4.78 is 40.9. The minimum atomic E-state index is -4.36. The molecule has 1 aromatic carbocycles. The quantitative estimate of drug-likeness (QED) is 0.744. The molecule has 2 aromatic heterocycles. The van der Waals surface area contributed by atoms with Crippen LogP contribution in [0.4, 0.5) is 19.0 Å². The van der Waals surface area contributed by atoms with Gasteiger partial charge in [-0.2, -0.15) is 18.2 Å². The first-order chi connectivity index (χ1) is 12.3. The maximum atomic E-state index is 13.0. The zero-order valence-electron chi connectivity index (χ0n) is 14.4. The van der Waals surface area contributed by atoms with Crippen LogP contribution in [0.5, 0.6) is 0 Å². The summed E-state index contributed by atoms with van der Waals surface area (Å²) in [5, 5.41) is 6.57. The largest absolute Gasteiger partial charge is 0.416 e. The van der Waals surface area contributed by atoms with E-state index in [1.54, 1.807) is 12.3 Å². The highest BCUT2D eigenvalue weighted by molar-refractivity contribution is 5.56. The van der Waals surface area contributed by atoms with Crippen LogP contribution < -0.4 is 10.6 Å². The fourth-order valence-electron chi connectivity index (χ4n) is 3.35. The molecule has 136 valence electrons. The minimum absolute atomic E-state index is 0.326. The lowest BCUT2D eigenvalue weighted by atomic mass is 10.0. The fraction of sp³-hybridized carbons (Fsp3) is 0.333. The number of aromatic nitrogens is 3. The Balaban J connectivity index is 1.70. The van der Waals surface area contributed by atoms with Crippen molar-refractivity contribution in [3.63, 3.8) is 0 Å². The van der Waals surface area contributed by atoms with Crippen molar-refractivity contribution in [3.8, 4) is 0 Å². The van der Waals surface area contributed by atoms with E-state index in [0.717, 1.165) is 23.0 Å². The standard InChI is InChI=1S/C18H18F3N5/c1-10-7-23-17-25-16(14-8-22-9-15(14)26(10)17)24-11(2)12-4-3-5-13(6-12)18(19,20)21/h3-7,11,22H,8-9H2,1-2H3,(H,23,24,25)/t11-/m1/s1. The number of nitrogens with one attached hydrogen (secondary N) is 2. The van der Waals surface area contributed by atoms with E-state index in [0.29, 0.717) is 30.2 Å². The Morgan fingerprint density at radius 1 is 1.27 bits per heavy atom. The number of hydrogen-bond acceptors (Lipinski definition) is 4. The van der Waals surface area contributed by atoms with Crippen molar-refractivity contribution in [1.29, 1.82) is 0 Å². The lowest BCUT2D eigenvalue weighted by Gasteiger charge is -2.19. The van der Waals surface area contributed by atoms with Crippen LogP contribution in [-0.2, 0) is 19.3 Å². The summed E-state index contributed by atoms with van der Waals surface area (Å²) in [4.78, 5) is 8.90. The molecule has 4 rings (SSSR count). The Morgan fingerprint density at radius 3 is 2.85 bits per heavy atom. The normalized spacial score (nSPS) is 15.3. The SMILES string of the molecule is Cc1cnc2nc(N[C@H](C)c3cccc(C(F)(F)F)c3)c3c(n12)CNC3. The maximum Gasteiger partial charge on any atom is 0.416 e. The summed E-state index contributed by atoms with van der Waals surface area (Å²) in [6.07, 6.45) is -2.59. The minimum Gasteiger partial charge on any atom is -0.363 e. The molecule has 3 aromatic rings. The lowest BCUT2D eigenvalue weighted by Crippen LogP contribution is -2.13. The number of fused-ring (bicyclic) bond motifs is 3. The number of hydrogen-bond donors (Lipinski definition) is 2. The smallest absolute Gasteiger partial charge is 0.363 e. The molecular formula is C18H18F3N5. The molecule has 0 fully saturated rings. The molecule has 1 aliphatic heterocycles. The monoisotopic (exact) mass is 361 g/mol. The van der Waals surface area contributed by atoms with Crippen molar-refractivity contribution in [2.24, 2.45) is 0 Å². The van der Waals surface area contributed by atoms with Gasteiger partial charge in [-0.3, -0.25) is 4.40 Å². The van der Waals surface area contributed by atoms with Gasteiger partial charge in [0.25, 0.3) is 0 Å². The van der Waals surface area contributed by atoms with Crippen molar-refractivity contribution in [1.82, 2.24) is 19.7 Å². The summed E-state index contributed by atoms with van der Waals surface area (Å²) >= 11 is 0. The van der Waals surface area contributed by atoms with Gasteiger partial charge in [-0.05, 0) is 31.5 Å². The molecule has 0 bridgehead atoms. The van der Waals surface area contributed by atoms with Crippen LogP contribution in [0.15, 0.2) is 30.5 Å². The van der Waals surface area contributed by atoms with Gasteiger partial charge in [0.2, 0.25) is 5.78 Å². The molecule has 0 aliphatic carbocycles. The zero-order valence-corrected chi connectivity index (χ0v) is 14.4. The van der Waals surface area contributed by atoms with Gasteiger partial charge < -0.3 is 10.6 Å². The van der Waals surface area contributed by atoms with Crippen molar-refractivity contribution in [2.75, 3.05) is 5.32 Å². The van der Waals surface area contributed by atoms with Crippen molar-refractivity contribution < 1.29 is 13.2 Å². The van der Waals surface area contributed by atoms with E-state index in [2.05, 4.69) is 20.6 Å². The van der Waals surface area contributed by atoms with Gasteiger partial charge in [-0.1, -0.05) is 12.1 Å². The van der Waals surface area contributed by atoms with Crippen LogP contribution in [0.3, 0.4) is 0 Å². The zero-order chi connectivity index (χ0) is 18.5. The van der Waals surface area contributed by atoms with Crippen LogP contribution in [0, 0.1) is 6.92 Å². The molecule has 0 unspecified atom stereocenters. The second-order valence-electron chi connectivity index (χ2n) is 6.51. The number of alkyl halides is 3. The third-order valence-corrected chi connectivity index (χ3v) is 4.70. The molecular weight excluding hydrogens is 343 g/mol. The van der Waals surface area contributed by atoms with Gasteiger partial charge in [-0.25, -0.2) is 4.98 Å². The van der Waals surface area contributed by atoms with E-state index in [1.807, 2.05) is 18.2 Å². The van der Waals surface area contributed by atoms with Crippen LogP contribution in [0.25, 0.3) is 5.78 Å². The van der Waals surface area contributed by atoms with E-state index in [1.165, 1.54) is 12.1 Å². The Labute approximate surface area is 148 Å². The molecule has 2 N–H and O–H groups in total. The van der Waals surface area contributed by atoms with Crippen molar-refractivity contribution >= 4 is 11.6 Å². The lowest BCUT2D eigenvalue weighted by molar-refractivity contribution is -0.137. The molecule has 8 heteroatoms. The highest BCUT2D eigenvalue weighted by Crippen LogP contribution is 2.32. The number of anilines is 1. The van der Waals surface area contributed by atoms with E-state index >= 15 is 0 Å². The molecule has 1 aliphatic rings. The average Bonchev–Trinajstić information content (AvgIpc) is 3.21. The van der Waals surface area contributed by atoms with Crippen molar-refractivity contribution in [2.45, 2.75) is 39.2 Å². The van der Waals surface area contributed by atoms with Gasteiger partial charge in [0.1, 0.15) is 5.82 Å². The third-order valence-electron chi connectivity index (χ3n) is 4.70. The van der Waals surface area contributed by atoms with Gasteiger partial charge in [0, 0.05) is 36.1 Å². The first kappa shape index (κ1) is 16.8. The first-order valence-electron chi connectivity index (χ1n) is 8.35. The number of aryl methyl sites for hydroxylation is 1. The Kier molecular flexibility index (Phi) is 3.87. The molecule has 0 radical (unpaired) electrons. The number of imidazole rings is 1. The average molecular weight is 361 g/mol. The summed E-state index contributed by atoms with van der Waals surface area (Å²) in [6, 6.07) is 5.04. The predicted octanol–water partition coefficient (Wildman–Crippen LogP) is 3.83. The third kappa shape index (κ3) is 2.80.